The van der Waals surface area contributed by atoms with Crippen LogP contribution in [0.4, 0.5) is 4.79 Å². The Kier molecular flexibility index (Phi) is 7.58. The first-order chi connectivity index (χ1) is 11.7. The predicted molar refractivity (Wildman–Crippen MR) is 90.5 cm³/mol. The first-order valence-electron chi connectivity index (χ1n) is 8.77. The summed E-state index contributed by atoms with van der Waals surface area (Å²) in [6, 6.07) is 0.192. The molecule has 2 amide bonds. The Morgan fingerprint density at radius 1 is 1.29 bits per heavy atom. The second kappa shape index (κ2) is 9.95. The van der Waals surface area contributed by atoms with E-state index < -0.39 is 0 Å². The summed E-state index contributed by atoms with van der Waals surface area (Å²) in [4.78, 5) is 29.7. The van der Waals surface area contributed by atoms with Crippen LogP contribution in [0.5, 0.6) is 0 Å². The summed E-state index contributed by atoms with van der Waals surface area (Å²) in [5.41, 5.74) is 0. The van der Waals surface area contributed by atoms with Gasteiger partial charge in [-0.2, -0.15) is 0 Å². The Morgan fingerprint density at radius 2 is 2.08 bits per heavy atom. The second-order valence-electron chi connectivity index (χ2n) is 6.25. The van der Waals surface area contributed by atoms with Gasteiger partial charge >= 0.3 is 12.0 Å². The molecule has 0 aliphatic heterocycles. The summed E-state index contributed by atoms with van der Waals surface area (Å²) < 4.78 is 6.67. The molecule has 2 rings (SSSR count). The number of ether oxygens (including phenoxy) is 1. The molecule has 0 radical (unpaired) electrons. The van der Waals surface area contributed by atoms with Crippen molar-refractivity contribution >= 4 is 12.0 Å². The minimum absolute atomic E-state index is 0.0727. The monoisotopic (exact) mass is 336 g/mol. The van der Waals surface area contributed by atoms with Crippen molar-refractivity contribution in [3.8, 4) is 0 Å². The number of methoxy groups -OCH3 is 1. The zero-order valence-electron chi connectivity index (χ0n) is 14.4. The maximum absolute atomic E-state index is 12.5. The topological polar surface area (TPSA) is 76.5 Å². The van der Waals surface area contributed by atoms with Crippen LogP contribution in [-0.4, -0.2) is 52.7 Å². The van der Waals surface area contributed by atoms with E-state index >= 15 is 0 Å². The van der Waals surface area contributed by atoms with Crippen LogP contribution in [0, 0.1) is 0 Å². The van der Waals surface area contributed by atoms with Crippen LogP contribution >= 0.6 is 0 Å². The molecule has 1 aliphatic carbocycles. The van der Waals surface area contributed by atoms with Gasteiger partial charge in [-0.25, -0.2) is 9.78 Å². The number of carbonyl (C=O) groups excluding carboxylic acids is 2. The molecule has 134 valence electrons. The molecule has 0 aromatic carbocycles. The average molecular weight is 336 g/mol. The van der Waals surface area contributed by atoms with Gasteiger partial charge in [0.25, 0.3) is 0 Å². The quantitative estimate of drug-likeness (QED) is 0.738. The molecule has 24 heavy (non-hydrogen) atoms. The zero-order valence-corrected chi connectivity index (χ0v) is 14.4. The number of esters is 1. The highest BCUT2D eigenvalue weighted by molar-refractivity contribution is 5.76. The lowest BCUT2D eigenvalue weighted by Crippen LogP contribution is -2.46. The number of nitrogens with zero attached hydrogens (tertiary/aromatic N) is 3. The van der Waals surface area contributed by atoms with Crippen LogP contribution < -0.4 is 5.32 Å². The fourth-order valence-electron chi connectivity index (χ4n) is 3.02. The number of aromatic nitrogens is 2. The second-order valence-corrected chi connectivity index (χ2v) is 6.25. The van der Waals surface area contributed by atoms with E-state index in [1.807, 2.05) is 10.8 Å². The molecule has 0 saturated heterocycles. The number of imidazole rings is 1. The SMILES string of the molecule is COC(=O)CCN(CCCn1ccnc1)C(=O)NC1CCCCC1. The van der Waals surface area contributed by atoms with Gasteiger partial charge in [-0.15, -0.1) is 0 Å². The van der Waals surface area contributed by atoms with Gasteiger partial charge in [-0.05, 0) is 19.3 Å². The minimum atomic E-state index is -0.292. The lowest BCUT2D eigenvalue weighted by Gasteiger charge is -2.28. The molecule has 7 nitrogen and oxygen atoms in total. The summed E-state index contributed by atoms with van der Waals surface area (Å²) in [5, 5.41) is 3.12. The van der Waals surface area contributed by atoms with Crippen LogP contribution in [0.15, 0.2) is 18.7 Å². The van der Waals surface area contributed by atoms with Gasteiger partial charge < -0.3 is 19.5 Å². The number of rotatable bonds is 8. The van der Waals surface area contributed by atoms with E-state index in [-0.39, 0.29) is 24.5 Å². The lowest BCUT2D eigenvalue weighted by molar-refractivity contribution is -0.140. The highest BCUT2D eigenvalue weighted by Crippen LogP contribution is 2.17. The van der Waals surface area contributed by atoms with Crippen molar-refractivity contribution in [3.63, 3.8) is 0 Å². The number of aryl methyl sites for hydroxylation is 1. The van der Waals surface area contributed by atoms with Crippen LogP contribution in [0.2, 0.25) is 0 Å². The first kappa shape index (κ1) is 18.3. The molecule has 1 aromatic heterocycles. The number of amides is 2. The Hall–Kier alpha value is -2.05. The van der Waals surface area contributed by atoms with Crippen molar-refractivity contribution in [1.82, 2.24) is 19.8 Å². The van der Waals surface area contributed by atoms with Gasteiger partial charge in [-0.3, -0.25) is 4.79 Å². The van der Waals surface area contributed by atoms with Crippen LogP contribution in [-0.2, 0) is 16.1 Å². The number of nitrogens with one attached hydrogen (secondary N) is 1. The van der Waals surface area contributed by atoms with Crippen LogP contribution in [0.25, 0.3) is 0 Å². The van der Waals surface area contributed by atoms with Gasteiger partial charge in [0.15, 0.2) is 0 Å². The van der Waals surface area contributed by atoms with Gasteiger partial charge in [0.1, 0.15) is 0 Å². The molecular weight excluding hydrogens is 308 g/mol. The number of hydrogen-bond acceptors (Lipinski definition) is 4. The maximum Gasteiger partial charge on any atom is 0.317 e. The zero-order chi connectivity index (χ0) is 17.2. The molecule has 1 aromatic rings. The Balaban J connectivity index is 1.82. The lowest BCUT2D eigenvalue weighted by atomic mass is 9.96. The molecular formula is C17H28N4O3. The molecule has 1 saturated carbocycles. The smallest absolute Gasteiger partial charge is 0.317 e. The normalized spacial score (nSPS) is 15.0. The third-order valence-corrected chi connectivity index (χ3v) is 4.44. The molecule has 1 heterocycles. The molecule has 0 spiro atoms. The summed E-state index contributed by atoms with van der Waals surface area (Å²) in [5.74, 6) is -0.292. The third kappa shape index (κ3) is 6.22. The number of carbonyl (C=O) groups is 2. The summed E-state index contributed by atoms with van der Waals surface area (Å²) in [6.07, 6.45) is 12.1. The summed E-state index contributed by atoms with van der Waals surface area (Å²) >= 11 is 0. The van der Waals surface area contributed by atoms with E-state index in [9.17, 15) is 9.59 Å². The molecule has 0 unspecified atom stereocenters. The van der Waals surface area contributed by atoms with E-state index in [1.165, 1.54) is 26.4 Å². The molecule has 1 aliphatic rings. The van der Waals surface area contributed by atoms with Crippen molar-refractivity contribution < 1.29 is 14.3 Å². The van der Waals surface area contributed by atoms with Crippen molar-refractivity contribution in [2.24, 2.45) is 0 Å². The van der Waals surface area contributed by atoms with E-state index in [1.54, 1.807) is 17.4 Å². The number of urea groups is 1. The fraction of sp³-hybridized carbons (Fsp3) is 0.706. The van der Waals surface area contributed by atoms with E-state index in [2.05, 4.69) is 15.0 Å². The Morgan fingerprint density at radius 3 is 2.75 bits per heavy atom. The van der Waals surface area contributed by atoms with Crippen LogP contribution in [0.1, 0.15) is 44.9 Å². The highest BCUT2D eigenvalue weighted by Gasteiger charge is 2.20. The molecule has 0 bridgehead atoms. The summed E-state index contributed by atoms with van der Waals surface area (Å²) in [6.45, 7) is 1.79. The van der Waals surface area contributed by atoms with Crippen LogP contribution in [0.3, 0.4) is 0 Å². The van der Waals surface area contributed by atoms with Gasteiger partial charge in [0.05, 0.1) is 19.9 Å². The average Bonchev–Trinajstić information content (AvgIpc) is 3.11. The van der Waals surface area contributed by atoms with E-state index in [0.29, 0.717) is 13.1 Å². The van der Waals surface area contributed by atoms with Crippen molar-refractivity contribution in [1.29, 1.82) is 0 Å². The standard InChI is InChI=1S/C17H28N4O3/c1-24-16(22)8-12-21(11-5-10-20-13-9-18-14-20)17(23)19-15-6-3-2-4-7-15/h9,13-15H,2-8,10-12H2,1H3,(H,19,23). The van der Waals surface area contributed by atoms with E-state index in [0.717, 1.165) is 25.8 Å². The Labute approximate surface area is 143 Å². The third-order valence-electron chi connectivity index (χ3n) is 4.44. The number of hydrogen-bond donors (Lipinski definition) is 1. The maximum atomic E-state index is 12.5. The highest BCUT2D eigenvalue weighted by atomic mass is 16.5. The molecule has 1 N–H and O–H groups in total. The minimum Gasteiger partial charge on any atom is -0.469 e. The van der Waals surface area contributed by atoms with Crippen molar-refractivity contribution in [3.05, 3.63) is 18.7 Å². The fourth-order valence-corrected chi connectivity index (χ4v) is 3.02. The molecule has 7 heteroatoms. The van der Waals surface area contributed by atoms with Gasteiger partial charge in [0.2, 0.25) is 0 Å². The summed E-state index contributed by atoms with van der Waals surface area (Å²) in [7, 11) is 1.37. The van der Waals surface area contributed by atoms with Gasteiger partial charge in [-0.1, -0.05) is 19.3 Å². The molecule has 1 fully saturated rings. The van der Waals surface area contributed by atoms with Crippen molar-refractivity contribution in [2.45, 2.75) is 57.5 Å². The first-order valence-corrected chi connectivity index (χ1v) is 8.77. The van der Waals surface area contributed by atoms with Gasteiger partial charge in [0, 0.05) is 38.1 Å². The van der Waals surface area contributed by atoms with E-state index in [4.69, 9.17) is 0 Å². The largest absolute Gasteiger partial charge is 0.469 e. The van der Waals surface area contributed by atoms with Crippen molar-refractivity contribution in [2.75, 3.05) is 20.2 Å². The Bertz CT molecular complexity index is 498. The predicted octanol–water partition coefficient (Wildman–Crippen LogP) is 2.18. The molecule has 0 atom stereocenters.